The number of nitrogens with zero attached hydrogens (tertiary/aromatic N) is 2. The molecule has 4 atom stereocenters. The highest BCUT2D eigenvalue weighted by Gasteiger charge is 2.40. The Morgan fingerprint density at radius 3 is 2.53 bits per heavy atom. The van der Waals surface area contributed by atoms with Gasteiger partial charge < -0.3 is 10.0 Å². The van der Waals surface area contributed by atoms with Crippen molar-refractivity contribution in [1.82, 2.24) is 9.80 Å². The van der Waals surface area contributed by atoms with Crippen LogP contribution in [0.15, 0.2) is 0 Å². The van der Waals surface area contributed by atoms with Gasteiger partial charge in [0, 0.05) is 26.1 Å². The fraction of sp³-hybridized carbons (Fsp3) is 0.933. The van der Waals surface area contributed by atoms with E-state index in [1.165, 1.54) is 6.42 Å². The number of likely N-dealkylation sites (N-methyl/N-ethyl adjacent to an activating group) is 1. The Balaban J connectivity index is 2.05. The largest absolute Gasteiger partial charge is 0.393 e. The molecule has 1 heterocycles. The number of hydrogen-bond acceptors (Lipinski definition) is 3. The molecule has 2 rings (SSSR count). The van der Waals surface area contributed by atoms with Gasteiger partial charge in [-0.25, -0.2) is 0 Å². The zero-order chi connectivity index (χ0) is 14.0. The molecule has 0 aromatic rings. The normalized spacial score (nSPS) is 34.2. The molecule has 1 saturated heterocycles. The van der Waals surface area contributed by atoms with Gasteiger partial charge in [-0.2, -0.15) is 0 Å². The van der Waals surface area contributed by atoms with Crippen LogP contribution >= 0.6 is 0 Å². The summed E-state index contributed by atoms with van der Waals surface area (Å²) in [4.78, 5) is 16.2. The average Bonchev–Trinajstić information content (AvgIpc) is 2.86. The Bertz CT molecular complexity index is 319. The smallest absolute Gasteiger partial charge is 0.239 e. The van der Waals surface area contributed by atoms with E-state index in [0.717, 1.165) is 38.6 Å². The highest BCUT2D eigenvalue weighted by atomic mass is 16.3. The number of aliphatic hydroxyl groups is 1. The topological polar surface area (TPSA) is 43.8 Å². The highest BCUT2D eigenvalue weighted by molar-refractivity contribution is 5.81. The lowest BCUT2D eigenvalue weighted by Crippen LogP contribution is -2.51. The molecule has 4 heteroatoms. The second kappa shape index (κ2) is 6.23. The Hall–Kier alpha value is -0.610. The van der Waals surface area contributed by atoms with Crippen LogP contribution in [0, 0.1) is 5.92 Å². The summed E-state index contributed by atoms with van der Waals surface area (Å²) in [5, 5.41) is 10.3. The Morgan fingerprint density at radius 2 is 1.89 bits per heavy atom. The molecule has 0 bridgehead atoms. The standard InChI is InChI=1S/C15H28N2O2/c1-11(15(19)16(2)3)17-10-6-8-13(17)12-7-4-5-9-14(12)18/h11-14,18H,4-10H2,1-3H3. The van der Waals surface area contributed by atoms with Crippen molar-refractivity contribution in [3.63, 3.8) is 0 Å². The SMILES string of the molecule is CC(C(=O)N(C)C)N1CCCC1C1CCCCC1O. The van der Waals surface area contributed by atoms with E-state index in [1.807, 2.05) is 21.0 Å². The van der Waals surface area contributed by atoms with Gasteiger partial charge in [0.1, 0.15) is 0 Å². The quantitative estimate of drug-likeness (QED) is 0.843. The number of hydrogen-bond donors (Lipinski definition) is 1. The summed E-state index contributed by atoms with van der Waals surface area (Å²) in [6.07, 6.45) is 6.54. The first-order valence-corrected chi connectivity index (χ1v) is 7.67. The van der Waals surface area contributed by atoms with Gasteiger partial charge in [0.05, 0.1) is 12.1 Å². The maximum atomic E-state index is 12.2. The number of likely N-dealkylation sites (tertiary alicyclic amines) is 1. The molecular formula is C15H28N2O2. The molecule has 0 radical (unpaired) electrons. The Kier molecular flexibility index (Phi) is 4.85. The predicted octanol–water partition coefficient (Wildman–Crippen LogP) is 1.48. The average molecular weight is 268 g/mol. The molecular weight excluding hydrogens is 240 g/mol. The van der Waals surface area contributed by atoms with E-state index in [9.17, 15) is 9.90 Å². The van der Waals surface area contributed by atoms with Crippen LogP contribution in [0.4, 0.5) is 0 Å². The summed E-state index contributed by atoms with van der Waals surface area (Å²) in [5.41, 5.74) is 0. The number of aliphatic hydroxyl groups excluding tert-OH is 1. The fourth-order valence-electron chi connectivity index (χ4n) is 3.86. The van der Waals surface area contributed by atoms with Crippen molar-refractivity contribution in [2.75, 3.05) is 20.6 Å². The van der Waals surface area contributed by atoms with Gasteiger partial charge in [-0.1, -0.05) is 12.8 Å². The number of rotatable bonds is 3. The van der Waals surface area contributed by atoms with E-state index in [4.69, 9.17) is 0 Å². The van der Waals surface area contributed by atoms with Crippen molar-refractivity contribution >= 4 is 5.91 Å². The van der Waals surface area contributed by atoms with Crippen molar-refractivity contribution in [1.29, 1.82) is 0 Å². The van der Waals surface area contributed by atoms with Crippen molar-refractivity contribution in [3.8, 4) is 0 Å². The zero-order valence-electron chi connectivity index (χ0n) is 12.5. The van der Waals surface area contributed by atoms with Gasteiger partial charge in [0.2, 0.25) is 5.91 Å². The maximum absolute atomic E-state index is 12.2. The first-order valence-electron chi connectivity index (χ1n) is 7.67. The van der Waals surface area contributed by atoms with Crippen LogP contribution in [-0.2, 0) is 4.79 Å². The van der Waals surface area contributed by atoms with E-state index in [1.54, 1.807) is 4.90 Å². The molecule has 1 aliphatic carbocycles. The van der Waals surface area contributed by atoms with Crippen LogP contribution in [0.3, 0.4) is 0 Å². The summed E-state index contributed by atoms with van der Waals surface area (Å²) in [6.45, 7) is 3.00. The van der Waals surface area contributed by atoms with Gasteiger partial charge in [0.25, 0.3) is 0 Å². The minimum absolute atomic E-state index is 0.0587. The summed E-state index contributed by atoms with van der Waals surface area (Å²) < 4.78 is 0. The minimum atomic E-state index is -0.166. The van der Waals surface area contributed by atoms with Crippen molar-refractivity contribution in [2.45, 2.75) is 63.6 Å². The summed E-state index contributed by atoms with van der Waals surface area (Å²) in [5.74, 6) is 0.547. The van der Waals surface area contributed by atoms with E-state index >= 15 is 0 Å². The third kappa shape index (κ3) is 3.11. The number of carbonyl (C=O) groups excluding carboxylic acids is 1. The first kappa shape index (κ1) is 14.8. The molecule has 1 amide bonds. The molecule has 0 spiro atoms. The van der Waals surface area contributed by atoms with Crippen LogP contribution in [0.25, 0.3) is 0 Å². The molecule has 110 valence electrons. The van der Waals surface area contributed by atoms with Crippen molar-refractivity contribution in [3.05, 3.63) is 0 Å². The Labute approximate surface area is 116 Å². The van der Waals surface area contributed by atoms with Crippen LogP contribution in [0.5, 0.6) is 0 Å². The molecule has 4 unspecified atom stereocenters. The third-order valence-corrected chi connectivity index (χ3v) is 4.91. The third-order valence-electron chi connectivity index (χ3n) is 4.91. The van der Waals surface area contributed by atoms with Crippen molar-refractivity contribution in [2.24, 2.45) is 5.92 Å². The van der Waals surface area contributed by atoms with Gasteiger partial charge >= 0.3 is 0 Å². The minimum Gasteiger partial charge on any atom is -0.393 e. The second-order valence-electron chi connectivity index (χ2n) is 6.37. The van der Waals surface area contributed by atoms with E-state index < -0.39 is 0 Å². The number of carbonyl (C=O) groups is 1. The second-order valence-corrected chi connectivity index (χ2v) is 6.37. The zero-order valence-corrected chi connectivity index (χ0v) is 12.5. The van der Waals surface area contributed by atoms with Crippen LogP contribution in [-0.4, -0.2) is 59.6 Å². The van der Waals surface area contributed by atoms with Crippen LogP contribution in [0.1, 0.15) is 45.4 Å². The van der Waals surface area contributed by atoms with Gasteiger partial charge in [-0.3, -0.25) is 9.69 Å². The molecule has 2 aliphatic rings. The molecule has 1 N–H and O–H groups in total. The molecule has 0 aromatic carbocycles. The predicted molar refractivity (Wildman–Crippen MR) is 75.8 cm³/mol. The lowest BCUT2D eigenvalue weighted by Gasteiger charge is -2.39. The van der Waals surface area contributed by atoms with E-state index in [2.05, 4.69) is 4.90 Å². The molecule has 1 aliphatic heterocycles. The van der Waals surface area contributed by atoms with Gasteiger partial charge in [-0.05, 0) is 39.2 Å². The van der Waals surface area contributed by atoms with Gasteiger partial charge in [0.15, 0.2) is 0 Å². The van der Waals surface area contributed by atoms with Crippen LogP contribution in [0.2, 0.25) is 0 Å². The molecule has 4 nitrogen and oxygen atoms in total. The molecule has 19 heavy (non-hydrogen) atoms. The molecule has 1 saturated carbocycles. The summed E-state index contributed by atoms with van der Waals surface area (Å²) >= 11 is 0. The van der Waals surface area contributed by atoms with Crippen molar-refractivity contribution < 1.29 is 9.90 Å². The summed E-state index contributed by atoms with van der Waals surface area (Å²) in [7, 11) is 3.64. The molecule has 2 fully saturated rings. The lowest BCUT2D eigenvalue weighted by atomic mass is 9.80. The first-order chi connectivity index (χ1) is 9.02. The monoisotopic (exact) mass is 268 g/mol. The lowest BCUT2D eigenvalue weighted by molar-refractivity contribution is -0.135. The van der Waals surface area contributed by atoms with Crippen LogP contribution < -0.4 is 0 Å². The number of amides is 1. The fourth-order valence-corrected chi connectivity index (χ4v) is 3.86. The highest BCUT2D eigenvalue weighted by Crippen LogP contribution is 2.35. The van der Waals surface area contributed by atoms with Gasteiger partial charge in [-0.15, -0.1) is 0 Å². The molecule has 0 aromatic heterocycles. The summed E-state index contributed by atoms with van der Waals surface area (Å²) in [6, 6.07) is 0.339. The Morgan fingerprint density at radius 1 is 1.21 bits per heavy atom. The van der Waals surface area contributed by atoms with E-state index in [-0.39, 0.29) is 18.1 Å². The van der Waals surface area contributed by atoms with E-state index in [0.29, 0.717) is 12.0 Å². The maximum Gasteiger partial charge on any atom is 0.239 e.